The number of hydrogen-bond donors (Lipinski definition) is 1. The largest absolute Gasteiger partial charge is 0.425 e. The summed E-state index contributed by atoms with van der Waals surface area (Å²) < 4.78 is 5.61. The predicted molar refractivity (Wildman–Crippen MR) is 69.4 cm³/mol. The van der Waals surface area contributed by atoms with Gasteiger partial charge in [0.25, 0.3) is 0 Å². The van der Waals surface area contributed by atoms with Crippen LogP contribution in [0.3, 0.4) is 0 Å². The van der Waals surface area contributed by atoms with E-state index in [0.717, 1.165) is 24.2 Å². The van der Waals surface area contributed by atoms with Crippen LogP contribution < -0.4 is 0 Å². The monoisotopic (exact) mass is 241 g/mol. The number of hydrogen-bond acceptors (Lipinski definition) is 3. The molecule has 0 saturated heterocycles. The summed E-state index contributed by atoms with van der Waals surface area (Å²) in [5.74, 6) is 1.41. The molecular weight excluding hydrogens is 226 g/mol. The maximum Gasteiger partial charge on any atom is 0.221 e. The van der Waals surface area contributed by atoms with Crippen molar-refractivity contribution in [2.45, 2.75) is 26.2 Å². The summed E-state index contributed by atoms with van der Waals surface area (Å²) in [6.07, 6.45) is 4.56. The van der Waals surface area contributed by atoms with Gasteiger partial charge in [-0.3, -0.25) is 0 Å². The van der Waals surface area contributed by atoms with E-state index in [0.29, 0.717) is 12.3 Å². The quantitative estimate of drug-likeness (QED) is 0.763. The number of nitrogens with zero attached hydrogens (tertiary/aromatic N) is 2. The molecule has 0 unspecified atom stereocenters. The lowest BCUT2D eigenvalue weighted by atomic mass is 10.1. The van der Waals surface area contributed by atoms with E-state index < -0.39 is 0 Å². The van der Waals surface area contributed by atoms with Crippen LogP contribution in [0.5, 0.6) is 0 Å². The molecule has 0 spiro atoms. The van der Waals surface area contributed by atoms with Crippen LogP contribution in [-0.4, -0.2) is 15.2 Å². The van der Waals surface area contributed by atoms with Gasteiger partial charge in [0.05, 0.1) is 6.42 Å². The Labute approximate surface area is 105 Å². The Balaban J connectivity index is 1.87. The van der Waals surface area contributed by atoms with Crippen molar-refractivity contribution in [3.63, 3.8) is 0 Å². The molecule has 0 saturated carbocycles. The average molecular weight is 241 g/mol. The van der Waals surface area contributed by atoms with Gasteiger partial charge in [0, 0.05) is 23.5 Å². The molecule has 0 radical (unpaired) electrons. The first-order valence-corrected chi connectivity index (χ1v) is 6.23. The van der Waals surface area contributed by atoms with E-state index >= 15 is 0 Å². The van der Waals surface area contributed by atoms with Crippen molar-refractivity contribution in [2.75, 3.05) is 0 Å². The topological polar surface area (TPSA) is 54.7 Å². The minimum atomic E-state index is 0.681. The van der Waals surface area contributed by atoms with E-state index in [1.165, 1.54) is 10.9 Å². The van der Waals surface area contributed by atoms with E-state index in [-0.39, 0.29) is 0 Å². The van der Waals surface area contributed by atoms with Crippen molar-refractivity contribution < 1.29 is 4.42 Å². The summed E-state index contributed by atoms with van der Waals surface area (Å²) in [6.45, 7) is 2.10. The van der Waals surface area contributed by atoms with Gasteiger partial charge in [-0.15, -0.1) is 10.2 Å². The molecule has 1 N–H and O–H groups in total. The molecule has 3 rings (SSSR count). The van der Waals surface area contributed by atoms with Gasteiger partial charge in [0.1, 0.15) is 0 Å². The Hall–Kier alpha value is -2.10. The van der Waals surface area contributed by atoms with E-state index in [2.05, 4.69) is 34.2 Å². The molecule has 3 aromatic rings. The van der Waals surface area contributed by atoms with Gasteiger partial charge in [-0.1, -0.05) is 25.1 Å². The SMILES string of the molecule is CCCc1nnc(Cc2c[nH]c3ccccc23)o1. The molecule has 18 heavy (non-hydrogen) atoms. The maximum absolute atomic E-state index is 5.61. The number of nitrogens with one attached hydrogen (secondary N) is 1. The molecule has 0 amide bonds. The minimum Gasteiger partial charge on any atom is -0.425 e. The van der Waals surface area contributed by atoms with Crippen molar-refractivity contribution >= 4 is 10.9 Å². The highest BCUT2D eigenvalue weighted by atomic mass is 16.4. The lowest BCUT2D eigenvalue weighted by Crippen LogP contribution is -1.86. The molecule has 0 aliphatic rings. The van der Waals surface area contributed by atoms with Crippen LogP contribution >= 0.6 is 0 Å². The fraction of sp³-hybridized carbons (Fsp3) is 0.286. The van der Waals surface area contributed by atoms with Gasteiger partial charge in [-0.05, 0) is 18.1 Å². The second-order valence-electron chi connectivity index (χ2n) is 4.38. The van der Waals surface area contributed by atoms with Gasteiger partial charge in [0.2, 0.25) is 11.8 Å². The van der Waals surface area contributed by atoms with Gasteiger partial charge < -0.3 is 9.40 Å². The molecule has 4 nitrogen and oxygen atoms in total. The van der Waals surface area contributed by atoms with Crippen LogP contribution in [0.15, 0.2) is 34.9 Å². The number of fused-ring (bicyclic) bond motifs is 1. The lowest BCUT2D eigenvalue weighted by molar-refractivity contribution is 0.455. The second-order valence-corrected chi connectivity index (χ2v) is 4.38. The molecule has 0 bridgehead atoms. The van der Waals surface area contributed by atoms with Crippen molar-refractivity contribution in [3.05, 3.63) is 47.8 Å². The highest BCUT2D eigenvalue weighted by Gasteiger charge is 2.09. The highest BCUT2D eigenvalue weighted by molar-refractivity contribution is 5.83. The Morgan fingerprint density at radius 3 is 2.89 bits per heavy atom. The van der Waals surface area contributed by atoms with E-state index in [1.807, 2.05) is 18.3 Å². The Morgan fingerprint density at radius 2 is 2.00 bits per heavy atom. The van der Waals surface area contributed by atoms with Gasteiger partial charge in [-0.25, -0.2) is 0 Å². The Kier molecular flexibility index (Phi) is 2.84. The van der Waals surface area contributed by atoms with Crippen LogP contribution in [0.1, 0.15) is 30.7 Å². The summed E-state index contributed by atoms with van der Waals surface area (Å²) in [7, 11) is 0. The smallest absolute Gasteiger partial charge is 0.221 e. The van der Waals surface area contributed by atoms with Crippen LogP contribution in [0.4, 0.5) is 0 Å². The second kappa shape index (κ2) is 4.64. The first-order valence-electron chi connectivity index (χ1n) is 6.23. The predicted octanol–water partition coefficient (Wildman–Crippen LogP) is 3.09. The zero-order chi connectivity index (χ0) is 12.4. The number of aryl methyl sites for hydroxylation is 1. The van der Waals surface area contributed by atoms with Gasteiger partial charge >= 0.3 is 0 Å². The Morgan fingerprint density at radius 1 is 1.17 bits per heavy atom. The molecule has 2 heterocycles. The number of rotatable bonds is 4. The van der Waals surface area contributed by atoms with Crippen molar-refractivity contribution in [1.82, 2.24) is 15.2 Å². The number of benzene rings is 1. The minimum absolute atomic E-state index is 0.681. The van der Waals surface area contributed by atoms with Crippen LogP contribution in [-0.2, 0) is 12.8 Å². The third kappa shape index (κ3) is 2.01. The summed E-state index contributed by atoms with van der Waals surface area (Å²) in [4.78, 5) is 3.25. The van der Waals surface area contributed by atoms with Crippen LogP contribution in [0.25, 0.3) is 10.9 Å². The third-order valence-electron chi connectivity index (χ3n) is 2.99. The summed E-state index contributed by atoms with van der Waals surface area (Å²) >= 11 is 0. The van der Waals surface area contributed by atoms with E-state index in [4.69, 9.17) is 4.42 Å². The van der Waals surface area contributed by atoms with E-state index in [1.54, 1.807) is 0 Å². The summed E-state index contributed by atoms with van der Waals surface area (Å²) in [6, 6.07) is 8.23. The summed E-state index contributed by atoms with van der Waals surface area (Å²) in [5.41, 5.74) is 2.33. The average Bonchev–Trinajstić information content (AvgIpc) is 2.99. The third-order valence-corrected chi connectivity index (χ3v) is 2.99. The normalized spacial score (nSPS) is 11.2. The van der Waals surface area contributed by atoms with Gasteiger partial charge in [0.15, 0.2) is 0 Å². The first kappa shape index (κ1) is 11.0. The van der Waals surface area contributed by atoms with Crippen molar-refractivity contribution in [2.24, 2.45) is 0 Å². The molecule has 2 aromatic heterocycles. The molecule has 0 aliphatic heterocycles. The van der Waals surface area contributed by atoms with Crippen LogP contribution in [0.2, 0.25) is 0 Å². The Bertz CT molecular complexity index is 654. The standard InChI is InChI=1S/C14H15N3O/c1-2-5-13-16-17-14(18-13)8-10-9-15-12-7-4-3-6-11(10)12/h3-4,6-7,9,15H,2,5,8H2,1H3. The number of aromatic amines is 1. The molecular formula is C14H15N3O. The summed E-state index contributed by atoms with van der Waals surface area (Å²) in [5, 5.41) is 9.34. The van der Waals surface area contributed by atoms with Crippen molar-refractivity contribution in [3.8, 4) is 0 Å². The van der Waals surface area contributed by atoms with Crippen molar-refractivity contribution in [1.29, 1.82) is 0 Å². The number of H-pyrrole nitrogens is 1. The lowest BCUT2D eigenvalue weighted by Gasteiger charge is -1.94. The zero-order valence-electron chi connectivity index (χ0n) is 10.3. The number of aromatic nitrogens is 3. The fourth-order valence-corrected chi connectivity index (χ4v) is 2.12. The highest BCUT2D eigenvalue weighted by Crippen LogP contribution is 2.20. The molecule has 4 heteroatoms. The van der Waals surface area contributed by atoms with E-state index in [9.17, 15) is 0 Å². The zero-order valence-corrected chi connectivity index (χ0v) is 10.3. The maximum atomic E-state index is 5.61. The first-order chi connectivity index (χ1) is 8.86. The fourth-order valence-electron chi connectivity index (χ4n) is 2.12. The molecule has 1 aromatic carbocycles. The molecule has 0 aliphatic carbocycles. The number of para-hydroxylation sites is 1. The van der Waals surface area contributed by atoms with Crippen LogP contribution in [0, 0.1) is 0 Å². The molecule has 92 valence electrons. The molecule has 0 atom stereocenters. The molecule has 0 fully saturated rings. The van der Waals surface area contributed by atoms with Gasteiger partial charge in [-0.2, -0.15) is 0 Å².